The van der Waals surface area contributed by atoms with Crippen molar-refractivity contribution in [3.05, 3.63) is 30.1 Å². The minimum atomic E-state index is -3.49. The van der Waals surface area contributed by atoms with Crippen molar-refractivity contribution in [2.45, 2.75) is 39.5 Å². The topological polar surface area (TPSA) is 162 Å². The molecule has 1 aromatic carbocycles. The van der Waals surface area contributed by atoms with E-state index in [1.165, 1.54) is 0 Å². The number of anilines is 1. The molecule has 2 heterocycles. The number of carbonyl (C=O) groups is 2. The van der Waals surface area contributed by atoms with Crippen LogP contribution in [0.2, 0.25) is 0 Å². The lowest BCUT2D eigenvalue weighted by Crippen LogP contribution is -2.46. The number of pyridine rings is 1. The maximum atomic E-state index is 12.4. The Bertz CT molecular complexity index is 1350. The maximum absolute atomic E-state index is 12.4. The molecular formula is C22H29N5O7S. The highest BCUT2D eigenvalue weighted by Gasteiger charge is 2.27. The average molecular weight is 508 g/mol. The molecule has 0 saturated carbocycles. The minimum absolute atomic E-state index is 0.156. The molecule has 0 saturated heterocycles. The third kappa shape index (κ3) is 6.94. The summed E-state index contributed by atoms with van der Waals surface area (Å²) in [6, 6.07) is 7.30. The summed E-state index contributed by atoms with van der Waals surface area (Å²) in [5.41, 5.74) is 0.746. The Kier molecular flexibility index (Phi) is 8.05. The molecule has 3 aromatic rings. The number of carbonyl (C=O) groups excluding carboxylic acids is 1. The fourth-order valence-corrected chi connectivity index (χ4v) is 4.84. The normalized spacial score (nSPS) is 12.3. The molecule has 0 fully saturated rings. The number of sulfonamides is 1. The van der Waals surface area contributed by atoms with Gasteiger partial charge in [0.1, 0.15) is 31.2 Å². The first-order valence-electron chi connectivity index (χ1n) is 10.8. The van der Waals surface area contributed by atoms with Gasteiger partial charge in [0, 0.05) is 24.1 Å². The smallest absolute Gasteiger partial charge is 0.329 e. The predicted molar refractivity (Wildman–Crippen MR) is 130 cm³/mol. The van der Waals surface area contributed by atoms with Gasteiger partial charge in [-0.25, -0.2) is 27.9 Å². The first-order valence-corrected chi connectivity index (χ1v) is 12.7. The second-order valence-corrected chi connectivity index (χ2v) is 10.4. The molecule has 35 heavy (non-hydrogen) atoms. The van der Waals surface area contributed by atoms with Crippen molar-refractivity contribution in [1.82, 2.24) is 19.3 Å². The zero-order valence-electron chi connectivity index (χ0n) is 20.0. The number of aliphatic carboxylic acids is 1. The molecule has 0 unspecified atom stereocenters. The molecule has 0 spiro atoms. The van der Waals surface area contributed by atoms with Crippen LogP contribution >= 0.6 is 0 Å². The number of hydrogen-bond donors (Lipinski definition) is 3. The van der Waals surface area contributed by atoms with Crippen LogP contribution in [-0.2, 0) is 42.2 Å². The number of fused-ring (bicyclic) bond motifs is 3. The predicted octanol–water partition coefficient (Wildman–Crippen LogP) is 1.49. The maximum Gasteiger partial charge on any atom is 0.329 e. The largest absolute Gasteiger partial charge is 0.480 e. The molecular weight excluding hydrogens is 478 g/mol. The number of carboxylic acids is 1. The van der Waals surface area contributed by atoms with Gasteiger partial charge in [0.2, 0.25) is 10.0 Å². The van der Waals surface area contributed by atoms with E-state index in [1.807, 2.05) is 23.6 Å². The van der Waals surface area contributed by atoms with E-state index in [-0.39, 0.29) is 19.0 Å². The number of amides is 1. The second-order valence-electron chi connectivity index (χ2n) is 8.62. The van der Waals surface area contributed by atoms with Crippen molar-refractivity contribution in [1.29, 1.82) is 0 Å². The van der Waals surface area contributed by atoms with Crippen LogP contribution in [0.5, 0.6) is 0 Å². The molecule has 2 aromatic heterocycles. The zero-order chi connectivity index (χ0) is 25.8. The standard InChI is InChI=1S/C22H29N5O7S/c1-5-33-10-16-24-19-20(27(16)13-22(2,3)26-35(4,31)32)14-8-6-7-9-15(14)23-21(19)25-17(28)11-34-12-18(29)30/h6-9,26H,5,10-13H2,1-4H3,(H,29,30)(H,23,25,28). The summed E-state index contributed by atoms with van der Waals surface area (Å²) in [6.45, 7) is 5.11. The number of imidazole rings is 1. The van der Waals surface area contributed by atoms with E-state index in [0.29, 0.717) is 29.0 Å². The van der Waals surface area contributed by atoms with Crippen LogP contribution in [-0.4, -0.2) is 71.6 Å². The fraction of sp³-hybridized carbons (Fsp3) is 0.455. The Hall–Kier alpha value is -3.13. The Labute approximate surface area is 202 Å². The summed E-state index contributed by atoms with van der Waals surface area (Å²) in [5.74, 6) is -1.07. The number of para-hydroxylation sites is 1. The number of ether oxygens (including phenoxy) is 2. The van der Waals surface area contributed by atoms with E-state index in [9.17, 15) is 18.0 Å². The van der Waals surface area contributed by atoms with Crippen molar-refractivity contribution in [3.8, 4) is 0 Å². The number of nitrogens with one attached hydrogen (secondary N) is 2. The van der Waals surface area contributed by atoms with Gasteiger partial charge < -0.3 is 24.5 Å². The third-order valence-electron chi connectivity index (χ3n) is 4.83. The van der Waals surface area contributed by atoms with E-state index in [2.05, 4.69) is 15.0 Å². The number of aromatic nitrogens is 3. The van der Waals surface area contributed by atoms with E-state index in [4.69, 9.17) is 19.6 Å². The number of hydrogen-bond acceptors (Lipinski definition) is 8. The first-order chi connectivity index (χ1) is 16.4. The van der Waals surface area contributed by atoms with Gasteiger partial charge in [-0.15, -0.1) is 0 Å². The van der Waals surface area contributed by atoms with Crippen LogP contribution in [0.3, 0.4) is 0 Å². The monoisotopic (exact) mass is 507 g/mol. The highest BCUT2D eigenvalue weighted by Crippen LogP contribution is 2.31. The summed E-state index contributed by atoms with van der Waals surface area (Å²) in [5, 5.41) is 12.1. The molecule has 0 bridgehead atoms. The lowest BCUT2D eigenvalue weighted by molar-refractivity contribution is -0.143. The molecule has 1 amide bonds. The van der Waals surface area contributed by atoms with Crippen molar-refractivity contribution in [2.75, 3.05) is 31.4 Å². The molecule has 3 rings (SSSR count). The Morgan fingerprint density at radius 1 is 1.14 bits per heavy atom. The van der Waals surface area contributed by atoms with Crippen molar-refractivity contribution >= 4 is 49.7 Å². The molecule has 0 aliphatic carbocycles. The molecule has 12 nitrogen and oxygen atoms in total. The van der Waals surface area contributed by atoms with E-state index < -0.39 is 40.7 Å². The van der Waals surface area contributed by atoms with Crippen molar-refractivity contribution in [2.24, 2.45) is 0 Å². The van der Waals surface area contributed by atoms with Crippen LogP contribution in [0.1, 0.15) is 26.6 Å². The number of carboxylic acid groups (broad SMARTS) is 1. The van der Waals surface area contributed by atoms with Gasteiger partial charge in [0.15, 0.2) is 5.82 Å². The SMILES string of the molecule is CCOCc1nc2c(NC(=O)COCC(=O)O)nc3ccccc3c2n1CC(C)(C)NS(C)(=O)=O. The van der Waals surface area contributed by atoms with Gasteiger partial charge in [-0.05, 0) is 26.8 Å². The number of nitrogens with zero attached hydrogens (tertiary/aromatic N) is 3. The quantitative estimate of drug-likeness (QED) is 0.330. The van der Waals surface area contributed by atoms with Gasteiger partial charge in [-0.1, -0.05) is 18.2 Å². The zero-order valence-corrected chi connectivity index (χ0v) is 20.8. The molecule has 0 atom stereocenters. The summed E-state index contributed by atoms with van der Waals surface area (Å²) < 4.78 is 38.9. The summed E-state index contributed by atoms with van der Waals surface area (Å²) in [4.78, 5) is 32.3. The van der Waals surface area contributed by atoms with Crippen LogP contribution < -0.4 is 10.0 Å². The third-order valence-corrected chi connectivity index (χ3v) is 5.75. The molecule has 0 aliphatic rings. The highest BCUT2D eigenvalue weighted by atomic mass is 32.2. The molecule has 0 radical (unpaired) electrons. The minimum Gasteiger partial charge on any atom is -0.480 e. The van der Waals surface area contributed by atoms with Crippen molar-refractivity contribution in [3.63, 3.8) is 0 Å². The van der Waals surface area contributed by atoms with Gasteiger partial charge in [-0.3, -0.25) is 4.79 Å². The lowest BCUT2D eigenvalue weighted by atomic mass is 10.1. The van der Waals surface area contributed by atoms with Crippen LogP contribution in [0.4, 0.5) is 5.82 Å². The van der Waals surface area contributed by atoms with Crippen molar-refractivity contribution < 1.29 is 32.6 Å². The Morgan fingerprint density at radius 2 is 1.86 bits per heavy atom. The Morgan fingerprint density at radius 3 is 2.51 bits per heavy atom. The summed E-state index contributed by atoms with van der Waals surface area (Å²) in [7, 11) is -3.49. The lowest BCUT2D eigenvalue weighted by Gasteiger charge is -2.27. The molecule has 0 aliphatic heterocycles. The van der Waals surface area contributed by atoms with Gasteiger partial charge >= 0.3 is 5.97 Å². The van der Waals surface area contributed by atoms with Gasteiger partial charge in [0.25, 0.3) is 5.91 Å². The molecule has 190 valence electrons. The number of rotatable bonds is 12. The van der Waals surface area contributed by atoms with Crippen LogP contribution in [0.15, 0.2) is 24.3 Å². The van der Waals surface area contributed by atoms with Gasteiger partial charge in [-0.2, -0.15) is 0 Å². The van der Waals surface area contributed by atoms with Crippen LogP contribution in [0, 0.1) is 0 Å². The average Bonchev–Trinajstić information content (AvgIpc) is 3.08. The Balaban J connectivity index is 2.14. The summed E-state index contributed by atoms with van der Waals surface area (Å²) >= 11 is 0. The van der Waals surface area contributed by atoms with Gasteiger partial charge in [0.05, 0.1) is 17.3 Å². The number of benzene rings is 1. The van der Waals surface area contributed by atoms with Crippen LogP contribution in [0.25, 0.3) is 21.9 Å². The van der Waals surface area contributed by atoms with E-state index in [1.54, 1.807) is 26.0 Å². The second kappa shape index (κ2) is 10.6. The molecule has 13 heteroatoms. The summed E-state index contributed by atoms with van der Waals surface area (Å²) in [6.07, 6.45) is 1.10. The molecule has 3 N–H and O–H groups in total. The van der Waals surface area contributed by atoms with E-state index >= 15 is 0 Å². The first kappa shape index (κ1) is 26.5. The highest BCUT2D eigenvalue weighted by molar-refractivity contribution is 7.88. The van der Waals surface area contributed by atoms with E-state index in [0.717, 1.165) is 11.6 Å². The fourth-order valence-electron chi connectivity index (χ4n) is 3.77.